The Bertz CT molecular complexity index is 522. The third-order valence-electron chi connectivity index (χ3n) is 3.75. The standard InChI is InChI=1S/C14H24N2O3S/c1-3-6-12-7-4-5-10-16(12)20(17,18)14-9-8-13(19-14)11-15-2/h8-9,12,15H,3-7,10-11H2,1-2H3. The van der Waals surface area contributed by atoms with Gasteiger partial charge in [-0.1, -0.05) is 19.8 Å². The number of rotatable bonds is 6. The summed E-state index contributed by atoms with van der Waals surface area (Å²) in [5, 5.41) is 3.03. The van der Waals surface area contributed by atoms with Gasteiger partial charge in [-0.05, 0) is 38.4 Å². The molecule has 1 unspecified atom stereocenters. The van der Waals surface area contributed by atoms with Gasteiger partial charge in [0.2, 0.25) is 5.09 Å². The van der Waals surface area contributed by atoms with Crippen LogP contribution >= 0.6 is 0 Å². The molecule has 1 N–H and O–H groups in total. The molecule has 0 bridgehead atoms. The van der Waals surface area contributed by atoms with Crippen LogP contribution in [-0.2, 0) is 16.6 Å². The van der Waals surface area contributed by atoms with E-state index in [0.717, 1.165) is 32.1 Å². The summed E-state index contributed by atoms with van der Waals surface area (Å²) in [7, 11) is -1.69. The van der Waals surface area contributed by atoms with Crippen molar-refractivity contribution in [2.45, 2.75) is 56.7 Å². The van der Waals surface area contributed by atoms with Crippen molar-refractivity contribution in [2.75, 3.05) is 13.6 Å². The maximum atomic E-state index is 12.7. The van der Waals surface area contributed by atoms with E-state index in [-0.39, 0.29) is 11.1 Å². The Kier molecular flexibility index (Phi) is 5.23. The van der Waals surface area contributed by atoms with E-state index in [0.29, 0.717) is 18.8 Å². The van der Waals surface area contributed by atoms with Gasteiger partial charge in [-0.15, -0.1) is 0 Å². The van der Waals surface area contributed by atoms with Crippen molar-refractivity contribution < 1.29 is 12.8 Å². The number of nitrogens with one attached hydrogen (secondary N) is 1. The summed E-state index contributed by atoms with van der Waals surface area (Å²) in [4.78, 5) is 0. The minimum absolute atomic E-state index is 0.0748. The Morgan fingerprint density at radius 3 is 2.90 bits per heavy atom. The summed E-state index contributed by atoms with van der Waals surface area (Å²) in [6.45, 7) is 3.24. The first-order valence-electron chi connectivity index (χ1n) is 7.34. The Labute approximate surface area is 121 Å². The largest absolute Gasteiger partial charge is 0.447 e. The average Bonchev–Trinajstić information content (AvgIpc) is 2.89. The molecule has 1 aromatic rings. The summed E-state index contributed by atoms with van der Waals surface area (Å²) in [5.41, 5.74) is 0. The van der Waals surface area contributed by atoms with Gasteiger partial charge < -0.3 is 9.73 Å². The molecular formula is C14H24N2O3S. The highest BCUT2D eigenvalue weighted by molar-refractivity contribution is 7.89. The topological polar surface area (TPSA) is 62.6 Å². The molecular weight excluding hydrogens is 276 g/mol. The van der Waals surface area contributed by atoms with Crippen molar-refractivity contribution in [2.24, 2.45) is 0 Å². The third kappa shape index (κ3) is 3.24. The van der Waals surface area contributed by atoms with Crippen molar-refractivity contribution >= 4 is 10.0 Å². The van der Waals surface area contributed by atoms with E-state index in [9.17, 15) is 8.42 Å². The molecule has 1 atom stereocenters. The Balaban J connectivity index is 2.22. The number of hydrogen-bond donors (Lipinski definition) is 1. The molecule has 0 saturated carbocycles. The average molecular weight is 300 g/mol. The molecule has 1 fully saturated rings. The van der Waals surface area contributed by atoms with Gasteiger partial charge in [0, 0.05) is 12.6 Å². The lowest BCUT2D eigenvalue weighted by Crippen LogP contribution is -2.43. The molecule has 0 spiro atoms. The van der Waals surface area contributed by atoms with E-state index >= 15 is 0 Å². The predicted molar refractivity (Wildman–Crippen MR) is 77.9 cm³/mol. The molecule has 1 saturated heterocycles. The summed E-state index contributed by atoms with van der Waals surface area (Å²) >= 11 is 0. The van der Waals surface area contributed by atoms with E-state index in [4.69, 9.17) is 4.42 Å². The Morgan fingerprint density at radius 2 is 2.20 bits per heavy atom. The Morgan fingerprint density at radius 1 is 1.40 bits per heavy atom. The zero-order valence-corrected chi connectivity index (χ0v) is 13.1. The van der Waals surface area contributed by atoms with Crippen LogP contribution in [0.15, 0.2) is 21.6 Å². The molecule has 1 aromatic heterocycles. The van der Waals surface area contributed by atoms with Crippen LogP contribution < -0.4 is 5.32 Å². The molecule has 1 aliphatic rings. The van der Waals surface area contributed by atoms with Crippen LogP contribution in [0.2, 0.25) is 0 Å². The smallest absolute Gasteiger partial charge is 0.276 e. The highest BCUT2D eigenvalue weighted by Gasteiger charge is 2.34. The van der Waals surface area contributed by atoms with E-state index in [1.165, 1.54) is 0 Å². The molecule has 114 valence electrons. The van der Waals surface area contributed by atoms with E-state index < -0.39 is 10.0 Å². The van der Waals surface area contributed by atoms with E-state index in [1.807, 2.05) is 0 Å². The van der Waals surface area contributed by atoms with Crippen molar-refractivity contribution in [3.8, 4) is 0 Å². The summed E-state index contributed by atoms with van der Waals surface area (Å²) in [5.74, 6) is 0.648. The lowest BCUT2D eigenvalue weighted by molar-refractivity contribution is 0.233. The van der Waals surface area contributed by atoms with E-state index in [1.54, 1.807) is 23.5 Å². The first-order chi connectivity index (χ1) is 9.59. The number of nitrogens with zero attached hydrogens (tertiary/aromatic N) is 1. The van der Waals surface area contributed by atoms with Crippen LogP contribution in [0.5, 0.6) is 0 Å². The fraction of sp³-hybridized carbons (Fsp3) is 0.714. The van der Waals surface area contributed by atoms with Crippen molar-refractivity contribution in [3.05, 3.63) is 17.9 Å². The van der Waals surface area contributed by atoms with Crippen LogP contribution in [0.3, 0.4) is 0 Å². The van der Waals surface area contributed by atoms with Crippen molar-refractivity contribution in [3.63, 3.8) is 0 Å². The minimum atomic E-state index is -3.49. The summed E-state index contributed by atoms with van der Waals surface area (Å²) in [6, 6.07) is 3.42. The van der Waals surface area contributed by atoms with Crippen LogP contribution in [-0.4, -0.2) is 32.4 Å². The summed E-state index contributed by atoms with van der Waals surface area (Å²) < 4.78 is 32.5. The second-order valence-corrected chi connectivity index (χ2v) is 7.13. The highest BCUT2D eigenvalue weighted by atomic mass is 32.2. The number of hydrogen-bond acceptors (Lipinski definition) is 4. The monoisotopic (exact) mass is 300 g/mol. The van der Waals surface area contributed by atoms with Gasteiger partial charge in [-0.2, -0.15) is 4.31 Å². The van der Waals surface area contributed by atoms with Gasteiger partial charge in [0.25, 0.3) is 10.0 Å². The zero-order valence-electron chi connectivity index (χ0n) is 12.3. The molecule has 6 heteroatoms. The van der Waals surface area contributed by atoms with Crippen molar-refractivity contribution in [1.29, 1.82) is 0 Å². The molecule has 0 amide bonds. The number of sulfonamides is 1. The van der Waals surface area contributed by atoms with Gasteiger partial charge >= 0.3 is 0 Å². The van der Waals surface area contributed by atoms with E-state index in [2.05, 4.69) is 12.2 Å². The van der Waals surface area contributed by atoms with Crippen molar-refractivity contribution in [1.82, 2.24) is 9.62 Å². The molecule has 2 heterocycles. The molecule has 20 heavy (non-hydrogen) atoms. The van der Waals surface area contributed by atoms with Gasteiger partial charge in [0.1, 0.15) is 5.76 Å². The van der Waals surface area contributed by atoms with Gasteiger partial charge in [-0.3, -0.25) is 0 Å². The first-order valence-corrected chi connectivity index (χ1v) is 8.78. The lowest BCUT2D eigenvalue weighted by atomic mass is 10.0. The van der Waals surface area contributed by atoms with Crippen LogP contribution in [0.1, 0.15) is 44.8 Å². The first kappa shape index (κ1) is 15.5. The fourth-order valence-electron chi connectivity index (χ4n) is 2.79. The molecule has 1 aliphatic heterocycles. The number of furan rings is 1. The molecule has 5 nitrogen and oxygen atoms in total. The molecule has 0 aliphatic carbocycles. The molecule has 2 rings (SSSR count). The maximum absolute atomic E-state index is 12.7. The lowest BCUT2D eigenvalue weighted by Gasteiger charge is -2.33. The second-order valence-electron chi connectivity index (χ2n) is 5.31. The summed E-state index contributed by atoms with van der Waals surface area (Å²) in [6.07, 6.45) is 4.92. The van der Waals surface area contributed by atoms with Crippen LogP contribution in [0.25, 0.3) is 0 Å². The minimum Gasteiger partial charge on any atom is -0.447 e. The normalized spacial score (nSPS) is 21.2. The Hall–Kier alpha value is -0.850. The van der Waals surface area contributed by atoms with Crippen LogP contribution in [0, 0.1) is 0 Å². The molecule has 0 aromatic carbocycles. The third-order valence-corrected chi connectivity index (χ3v) is 5.57. The highest BCUT2D eigenvalue weighted by Crippen LogP contribution is 2.28. The SMILES string of the molecule is CCCC1CCCCN1S(=O)(=O)c1ccc(CNC)o1. The second kappa shape index (κ2) is 6.74. The van der Waals surface area contributed by atoms with Gasteiger partial charge in [0.15, 0.2) is 0 Å². The van der Waals surface area contributed by atoms with Crippen LogP contribution in [0.4, 0.5) is 0 Å². The molecule has 0 radical (unpaired) electrons. The van der Waals surface area contributed by atoms with Gasteiger partial charge in [-0.25, -0.2) is 8.42 Å². The predicted octanol–water partition coefficient (Wildman–Crippen LogP) is 2.34. The quantitative estimate of drug-likeness (QED) is 0.876. The maximum Gasteiger partial charge on any atom is 0.276 e. The van der Waals surface area contributed by atoms with Gasteiger partial charge in [0.05, 0.1) is 6.54 Å². The fourth-order valence-corrected chi connectivity index (χ4v) is 4.45. The number of piperidine rings is 1. The zero-order chi connectivity index (χ0) is 14.6.